The van der Waals surface area contributed by atoms with Crippen LogP contribution in [0, 0.1) is 13.8 Å². The first-order chi connectivity index (χ1) is 14.4. The SMILES string of the molecule is Cc1ccc(N=C2NC(=O)/C(=C/c3cccn3-c3ccc(C(=O)[O-])cc3)S2)cc1C. The number of aryl methyl sites for hydroxylation is 2. The fourth-order valence-electron chi connectivity index (χ4n) is 3.03. The van der Waals surface area contributed by atoms with E-state index >= 15 is 0 Å². The Kier molecular flexibility index (Phi) is 5.29. The van der Waals surface area contributed by atoms with Crippen molar-refractivity contribution in [3.05, 3.63) is 88.1 Å². The molecule has 1 saturated heterocycles. The van der Waals surface area contributed by atoms with Crippen molar-refractivity contribution in [1.29, 1.82) is 0 Å². The molecule has 0 saturated carbocycles. The second-order valence-corrected chi connectivity index (χ2v) is 7.92. The van der Waals surface area contributed by atoms with E-state index < -0.39 is 5.97 Å². The lowest BCUT2D eigenvalue weighted by Crippen LogP contribution is -2.22. The summed E-state index contributed by atoms with van der Waals surface area (Å²) in [6.45, 7) is 4.07. The number of hydrogen-bond donors (Lipinski definition) is 1. The molecule has 3 aromatic rings. The van der Waals surface area contributed by atoms with Crippen molar-refractivity contribution < 1.29 is 14.7 Å². The van der Waals surface area contributed by atoms with E-state index in [-0.39, 0.29) is 11.5 Å². The second-order valence-electron chi connectivity index (χ2n) is 6.89. The zero-order chi connectivity index (χ0) is 21.3. The van der Waals surface area contributed by atoms with Crippen molar-refractivity contribution in [3.63, 3.8) is 0 Å². The van der Waals surface area contributed by atoms with Gasteiger partial charge in [-0.2, -0.15) is 0 Å². The highest BCUT2D eigenvalue weighted by Crippen LogP contribution is 2.29. The lowest BCUT2D eigenvalue weighted by Gasteiger charge is -2.08. The summed E-state index contributed by atoms with van der Waals surface area (Å²) < 4.78 is 1.87. The van der Waals surface area contributed by atoms with Crippen LogP contribution in [-0.2, 0) is 4.79 Å². The van der Waals surface area contributed by atoms with Gasteiger partial charge >= 0.3 is 0 Å². The molecule has 0 aliphatic carbocycles. The number of carboxylic acid groups (broad SMARTS) is 1. The zero-order valence-corrected chi connectivity index (χ0v) is 17.2. The number of carbonyl (C=O) groups is 2. The van der Waals surface area contributed by atoms with Crippen molar-refractivity contribution in [1.82, 2.24) is 9.88 Å². The largest absolute Gasteiger partial charge is 0.545 e. The molecule has 1 fully saturated rings. The summed E-state index contributed by atoms with van der Waals surface area (Å²) >= 11 is 1.28. The van der Waals surface area contributed by atoms with E-state index in [0.29, 0.717) is 10.1 Å². The van der Waals surface area contributed by atoms with Gasteiger partial charge in [-0.3, -0.25) is 4.79 Å². The Morgan fingerprint density at radius 1 is 1.10 bits per heavy atom. The molecule has 6 nitrogen and oxygen atoms in total. The first-order valence-corrected chi connectivity index (χ1v) is 10.1. The number of thioether (sulfide) groups is 1. The van der Waals surface area contributed by atoms with E-state index in [9.17, 15) is 14.7 Å². The number of amidine groups is 1. The Morgan fingerprint density at radius 2 is 1.87 bits per heavy atom. The molecule has 1 aliphatic heterocycles. The van der Waals surface area contributed by atoms with E-state index in [1.165, 1.54) is 29.5 Å². The highest BCUT2D eigenvalue weighted by Gasteiger charge is 2.24. The highest BCUT2D eigenvalue weighted by atomic mass is 32.2. The molecule has 1 aliphatic rings. The third-order valence-electron chi connectivity index (χ3n) is 4.81. The molecule has 4 rings (SSSR count). The summed E-state index contributed by atoms with van der Waals surface area (Å²) in [4.78, 5) is 28.4. The Bertz CT molecular complexity index is 1210. The smallest absolute Gasteiger partial charge is 0.264 e. The number of nitrogens with zero attached hydrogens (tertiary/aromatic N) is 2. The van der Waals surface area contributed by atoms with Gasteiger partial charge in [-0.25, -0.2) is 4.99 Å². The van der Waals surface area contributed by atoms with Crippen LogP contribution in [-0.4, -0.2) is 21.6 Å². The van der Waals surface area contributed by atoms with Crippen LogP contribution in [0.3, 0.4) is 0 Å². The molecule has 0 radical (unpaired) electrons. The molecule has 30 heavy (non-hydrogen) atoms. The van der Waals surface area contributed by atoms with Crippen LogP contribution in [0.2, 0.25) is 0 Å². The van der Waals surface area contributed by atoms with E-state index in [2.05, 4.69) is 10.3 Å². The van der Waals surface area contributed by atoms with E-state index in [0.717, 1.165) is 22.6 Å². The fourth-order valence-corrected chi connectivity index (χ4v) is 3.86. The van der Waals surface area contributed by atoms with Crippen molar-refractivity contribution in [3.8, 4) is 5.69 Å². The maximum atomic E-state index is 12.4. The molecule has 0 bridgehead atoms. The summed E-state index contributed by atoms with van der Waals surface area (Å²) in [5, 5.41) is 14.3. The molecule has 7 heteroatoms. The fraction of sp³-hybridized carbons (Fsp3) is 0.0870. The summed E-state index contributed by atoms with van der Waals surface area (Å²) in [5.41, 5.74) is 4.81. The van der Waals surface area contributed by atoms with Crippen LogP contribution >= 0.6 is 11.8 Å². The minimum absolute atomic E-state index is 0.115. The third kappa shape index (κ3) is 4.06. The molecule has 2 heterocycles. The lowest BCUT2D eigenvalue weighted by molar-refractivity contribution is -0.255. The second kappa shape index (κ2) is 8.04. The molecule has 1 aromatic heterocycles. The maximum Gasteiger partial charge on any atom is 0.264 e. The van der Waals surface area contributed by atoms with Gasteiger partial charge in [0.15, 0.2) is 5.17 Å². The topological polar surface area (TPSA) is 86.5 Å². The summed E-state index contributed by atoms with van der Waals surface area (Å²) in [6.07, 6.45) is 3.64. The molecule has 0 unspecified atom stereocenters. The van der Waals surface area contributed by atoms with Gasteiger partial charge in [-0.05, 0) is 84.8 Å². The van der Waals surface area contributed by atoms with Crippen LogP contribution in [0.1, 0.15) is 27.2 Å². The Morgan fingerprint density at radius 3 is 2.57 bits per heavy atom. The highest BCUT2D eigenvalue weighted by molar-refractivity contribution is 8.18. The summed E-state index contributed by atoms with van der Waals surface area (Å²) in [6, 6.07) is 16.0. The molecule has 0 spiro atoms. The van der Waals surface area contributed by atoms with Gasteiger partial charge in [0.05, 0.1) is 16.6 Å². The van der Waals surface area contributed by atoms with Gasteiger partial charge in [-0.1, -0.05) is 18.2 Å². The number of rotatable bonds is 4. The van der Waals surface area contributed by atoms with Crippen LogP contribution in [0.15, 0.2) is 70.7 Å². The lowest BCUT2D eigenvalue weighted by atomic mass is 10.1. The van der Waals surface area contributed by atoms with Crippen LogP contribution in [0.5, 0.6) is 0 Å². The average Bonchev–Trinajstić information content (AvgIpc) is 3.31. The monoisotopic (exact) mass is 416 g/mol. The number of benzene rings is 2. The number of aliphatic imine (C=N–C) groups is 1. The molecule has 150 valence electrons. The standard InChI is InChI=1S/C23H19N3O3S/c1-14-5-8-17(12-15(14)2)24-23-25-21(27)20(30-23)13-19-4-3-11-26(19)18-9-6-16(7-10-18)22(28)29/h3-13H,1-2H3,(H,28,29)(H,24,25,27)/p-1/b20-13-. The van der Waals surface area contributed by atoms with Crippen molar-refractivity contribution in [2.24, 2.45) is 4.99 Å². The van der Waals surface area contributed by atoms with Gasteiger partial charge in [0.2, 0.25) is 0 Å². The minimum Gasteiger partial charge on any atom is -0.545 e. The Hall–Kier alpha value is -3.58. The number of nitrogens with one attached hydrogen (secondary N) is 1. The van der Waals surface area contributed by atoms with Gasteiger partial charge in [-0.15, -0.1) is 0 Å². The Balaban J connectivity index is 1.59. The zero-order valence-electron chi connectivity index (χ0n) is 16.4. The number of carboxylic acids is 1. The minimum atomic E-state index is -1.22. The van der Waals surface area contributed by atoms with Gasteiger partial charge < -0.3 is 19.8 Å². The van der Waals surface area contributed by atoms with Gasteiger partial charge in [0.1, 0.15) is 0 Å². The van der Waals surface area contributed by atoms with Crippen LogP contribution in [0.4, 0.5) is 5.69 Å². The quantitative estimate of drug-likeness (QED) is 0.661. The van der Waals surface area contributed by atoms with Gasteiger partial charge in [0.25, 0.3) is 5.91 Å². The molecule has 1 N–H and O–H groups in total. The molecule has 1 amide bonds. The number of amides is 1. The van der Waals surface area contributed by atoms with E-state index in [4.69, 9.17) is 0 Å². The number of hydrogen-bond acceptors (Lipinski definition) is 5. The number of aromatic nitrogens is 1. The maximum absolute atomic E-state index is 12.4. The van der Waals surface area contributed by atoms with Crippen molar-refractivity contribution >= 4 is 40.6 Å². The molecular weight excluding hydrogens is 398 g/mol. The van der Waals surface area contributed by atoms with Crippen LogP contribution in [0.25, 0.3) is 11.8 Å². The molecular formula is C23H18N3O3S-. The summed E-state index contributed by atoms with van der Waals surface area (Å²) in [5.74, 6) is -1.42. The van der Waals surface area contributed by atoms with Crippen LogP contribution < -0.4 is 10.4 Å². The first kappa shape index (κ1) is 19.7. The third-order valence-corrected chi connectivity index (χ3v) is 5.72. The first-order valence-electron chi connectivity index (χ1n) is 9.27. The molecule has 2 aromatic carbocycles. The summed E-state index contributed by atoms with van der Waals surface area (Å²) in [7, 11) is 0. The van der Waals surface area contributed by atoms with Crippen molar-refractivity contribution in [2.75, 3.05) is 0 Å². The Labute approximate surface area is 178 Å². The van der Waals surface area contributed by atoms with E-state index in [1.807, 2.05) is 54.9 Å². The van der Waals surface area contributed by atoms with Crippen molar-refractivity contribution in [2.45, 2.75) is 13.8 Å². The average molecular weight is 416 g/mol. The number of carbonyl (C=O) groups excluding carboxylic acids is 2. The molecule has 0 atom stereocenters. The normalized spacial score (nSPS) is 16.3. The van der Waals surface area contributed by atoms with Gasteiger partial charge in [0, 0.05) is 17.6 Å². The predicted octanol–water partition coefficient (Wildman–Crippen LogP) is 3.35. The van der Waals surface area contributed by atoms with E-state index in [1.54, 1.807) is 18.2 Å². The number of aromatic carboxylic acids is 1. The predicted molar refractivity (Wildman–Crippen MR) is 117 cm³/mol.